The highest BCUT2D eigenvalue weighted by Crippen LogP contribution is 2.22. The van der Waals surface area contributed by atoms with Crippen LogP contribution in [0, 0.1) is 6.92 Å². The summed E-state index contributed by atoms with van der Waals surface area (Å²) in [6.45, 7) is 5.15. The largest absolute Gasteiger partial charge is 0.311 e. The van der Waals surface area contributed by atoms with Gasteiger partial charge in [0.1, 0.15) is 0 Å². The van der Waals surface area contributed by atoms with Crippen LogP contribution in [0.5, 0.6) is 0 Å². The molecule has 2 saturated heterocycles. The van der Waals surface area contributed by atoms with Gasteiger partial charge in [0.05, 0.1) is 11.5 Å². The molecule has 0 radical (unpaired) electrons. The van der Waals surface area contributed by atoms with E-state index in [9.17, 15) is 8.42 Å². The average molecular weight is 337 g/mol. The van der Waals surface area contributed by atoms with Crippen molar-refractivity contribution in [1.29, 1.82) is 0 Å². The topological polar surface area (TPSA) is 49.4 Å². The van der Waals surface area contributed by atoms with E-state index in [0.717, 1.165) is 32.5 Å². The highest BCUT2D eigenvalue weighted by atomic mass is 32.2. The molecule has 0 aromatic heterocycles. The minimum absolute atomic E-state index is 0.106. The first-order chi connectivity index (χ1) is 11.1. The first kappa shape index (κ1) is 16.9. The molecule has 128 valence electrons. The molecule has 0 bridgehead atoms. The van der Waals surface area contributed by atoms with Gasteiger partial charge in [0, 0.05) is 12.1 Å². The quantitative estimate of drug-likeness (QED) is 0.805. The molecular weight excluding hydrogens is 308 g/mol. The van der Waals surface area contributed by atoms with Crippen LogP contribution in [-0.2, 0) is 16.3 Å². The Morgan fingerprint density at radius 2 is 1.91 bits per heavy atom. The van der Waals surface area contributed by atoms with Crippen molar-refractivity contribution >= 4 is 9.84 Å². The maximum atomic E-state index is 12.0. The molecule has 3 rings (SSSR count). The van der Waals surface area contributed by atoms with E-state index in [1.165, 1.54) is 24.0 Å². The molecule has 5 heteroatoms. The van der Waals surface area contributed by atoms with Gasteiger partial charge in [0.15, 0.2) is 9.84 Å². The van der Waals surface area contributed by atoms with Crippen LogP contribution in [0.2, 0.25) is 0 Å². The number of sulfone groups is 1. The van der Waals surface area contributed by atoms with E-state index in [0.29, 0.717) is 11.5 Å². The van der Waals surface area contributed by atoms with E-state index in [1.54, 1.807) is 0 Å². The molecule has 1 N–H and O–H groups in total. The molecule has 2 atom stereocenters. The van der Waals surface area contributed by atoms with Crippen molar-refractivity contribution in [2.45, 2.75) is 44.7 Å². The number of hydrogen-bond acceptors (Lipinski definition) is 4. The van der Waals surface area contributed by atoms with E-state index in [1.807, 2.05) is 0 Å². The van der Waals surface area contributed by atoms with Crippen molar-refractivity contribution < 1.29 is 8.42 Å². The maximum Gasteiger partial charge on any atom is 0.153 e. The van der Waals surface area contributed by atoms with Gasteiger partial charge in [-0.2, -0.15) is 0 Å². The van der Waals surface area contributed by atoms with Gasteiger partial charge in [-0.25, -0.2) is 8.42 Å². The summed E-state index contributed by atoms with van der Waals surface area (Å²) in [5.41, 5.74) is 2.73. The van der Waals surface area contributed by atoms with Crippen LogP contribution in [0.3, 0.4) is 0 Å². The highest BCUT2D eigenvalue weighted by molar-refractivity contribution is 7.91. The lowest BCUT2D eigenvalue weighted by Crippen LogP contribution is -2.48. The van der Waals surface area contributed by atoms with Crippen LogP contribution >= 0.6 is 0 Å². The predicted molar refractivity (Wildman–Crippen MR) is 94.5 cm³/mol. The number of nitrogens with one attached hydrogen (secondary N) is 1. The third kappa shape index (κ3) is 4.34. The number of likely N-dealkylation sites (tertiary alicyclic amines) is 1. The molecule has 0 amide bonds. The van der Waals surface area contributed by atoms with Gasteiger partial charge in [-0.05, 0) is 63.4 Å². The molecule has 2 heterocycles. The summed E-state index contributed by atoms with van der Waals surface area (Å²) in [6, 6.07) is 8.78. The van der Waals surface area contributed by atoms with Gasteiger partial charge in [0.2, 0.25) is 0 Å². The smallest absolute Gasteiger partial charge is 0.153 e. The first-order valence-corrected chi connectivity index (χ1v) is 10.6. The number of aryl methyl sites for hydroxylation is 2. The normalized spacial score (nSPS) is 27.5. The Hall–Kier alpha value is -0.910. The number of benzene rings is 1. The molecule has 0 saturated carbocycles. The molecule has 2 aliphatic rings. The number of rotatable bonds is 6. The third-order valence-electron chi connectivity index (χ3n) is 5.22. The maximum absolute atomic E-state index is 12.0. The van der Waals surface area contributed by atoms with Crippen molar-refractivity contribution in [1.82, 2.24) is 10.2 Å². The summed E-state index contributed by atoms with van der Waals surface area (Å²) in [5.74, 6) is 0.640. The Bertz CT molecular complexity index is 624. The van der Waals surface area contributed by atoms with Gasteiger partial charge < -0.3 is 5.32 Å². The fourth-order valence-corrected chi connectivity index (χ4v) is 5.90. The van der Waals surface area contributed by atoms with Gasteiger partial charge >= 0.3 is 0 Å². The Morgan fingerprint density at radius 1 is 1.17 bits per heavy atom. The van der Waals surface area contributed by atoms with Gasteiger partial charge in [0.25, 0.3) is 0 Å². The van der Waals surface area contributed by atoms with Crippen LogP contribution in [0.4, 0.5) is 0 Å². The molecular formula is C18H28N2O2S. The Labute approximate surface area is 140 Å². The van der Waals surface area contributed by atoms with Crippen molar-refractivity contribution in [3.8, 4) is 0 Å². The fourth-order valence-electron chi connectivity index (χ4n) is 3.91. The molecule has 1 aromatic carbocycles. The SMILES string of the molecule is Cc1ccccc1CCCN[C@@H]1CS(=O)(=O)C[C@@H]1N1CCCC1. The van der Waals surface area contributed by atoms with Gasteiger partial charge in [-0.15, -0.1) is 0 Å². The molecule has 1 aromatic rings. The third-order valence-corrected chi connectivity index (χ3v) is 6.94. The minimum Gasteiger partial charge on any atom is -0.311 e. The fraction of sp³-hybridized carbons (Fsp3) is 0.667. The zero-order chi connectivity index (χ0) is 16.3. The summed E-state index contributed by atoms with van der Waals surface area (Å²) < 4.78 is 24.1. The van der Waals surface area contributed by atoms with Crippen LogP contribution in [0.25, 0.3) is 0 Å². The summed E-state index contributed by atoms with van der Waals surface area (Å²) in [6.07, 6.45) is 4.51. The van der Waals surface area contributed by atoms with Crippen molar-refractivity contribution in [3.63, 3.8) is 0 Å². The van der Waals surface area contributed by atoms with E-state index in [-0.39, 0.29) is 12.1 Å². The van der Waals surface area contributed by atoms with E-state index in [2.05, 4.69) is 41.4 Å². The van der Waals surface area contributed by atoms with Crippen LogP contribution in [0.15, 0.2) is 24.3 Å². The van der Waals surface area contributed by atoms with Gasteiger partial charge in [-0.1, -0.05) is 24.3 Å². The van der Waals surface area contributed by atoms with E-state index >= 15 is 0 Å². The van der Waals surface area contributed by atoms with E-state index in [4.69, 9.17) is 0 Å². The lowest BCUT2D eigenvalue weighted by molar-refractivity contribution is 0.226. The average Bonchev–Trinajstić information content (AvgIpc) is 3.12. The molecule has 4 nitrogen and oxygen atoms in total. The second kappa shape index (κ2) is 7.32. The molecule has 0 spiro atoms. The molecule has 2 fully saturated rings. The molecule has 0 aliphatic carbocycles. The molecule has 2 aliphatic heterocycles. The standard InChI is InChI=1S/C18H28N2O2S/c1-15-7-2-3-8-16(15)9-6-10-19-17-13-23(21,22)14-18(17)20-11-4-5-12-20/h2-3,7-8,17-19H,4-6,9-14H2,1H3/t17-,18+/m1/s1. The monoisotopic (exact) mass is 336 g/mol. The van der Waals surface area contributed by atoms with Crippen LogP contribution in [-0.4, -0.2) is 56.5 Å². The van der Waals surface area contributed by atoms with Crippen LogP contribution < -0.4 is 5.32 Å². The molecule has 0 unspecified atom stereocenters. The summed E-state index contributed by atoms with van der Waals surface area (Å²) in [4.78, 5) is 2.38. The number of hydrogen-bond donors (Lipinski definition) is 1. The first-order valence-electron chi connectivity index (χ1n) is 8.77. The predicted octanol–water partition coefficient (Wildman–Crippen LogP) is 1.78. The minimum atomic E-state index is -2.88. The van der Waals surface area contributed by atoms with Crippen molar-refractivity contribution in [2.75, 3.05) is 31.1 Å². The Morgan fingerprint density at radius 3 is 2.65 bits per heavy atom. The van der Waals surface area contributed by atoms with Crippen molar-refractivity contribution in [2.24, 2.45) is 0 Å². The Kier molecular flexibility index (Phi) is 5.39. The zero-order valence-electron chi connectivity index (χ0n) is 14.0. The lowest BCUT2D eigenvalue weighted by Gasteiger charge is -2.28. The van der Waals surface area contributed by atoms with Crippen LogP contribution in [0.1, 0.15) is 30.4 Å². The highest BCUT2D eigenvalue weighted by Gasteiger charge is 2.41. The second-order valence-electron chi connectivity index (χ2n) is 6.98. The zero-order valence-corrected chi connectivity index (χ0v) is 14.8. The Balaban J connectivity index is 1.51. The van der Waals surface area contributed by atoms with Gasteiger partial charge in [-0.3, -0.25) is 4.90 Å². The van der Waals surface area contributed by atoms with Crippen molar-refractivity contribution in [3.05, 3.63) is 35.4 Å². The summed E-state index contributed by atoms with van der Waals surface area (Å²) in [7, 11) is -2.88. The number of nitrogens with zero attached hydrogens (tertiary/aromatic N) is 1. The van der Waals surface area contributed by atoms with E-state index < -0.39 is 9.84 Å². The lowest BCUT2D eigenvalue weighted by atomic mass is 10.0. The summed E-state index contributed by atoms with van der Waals surface area (Å²) >= 11 is 0. The summed E-state index contributed by atoms with van der Waals surface area (Å²) in [5, 5.41) is 3.53. The second-order valence-corrected chi connectivity index (χ2v) is 9.13. The molecule has 23 heavy (non-hydrogen) atoms.